The molecule has 1 aliphatic rings. The van der Waals surface area contributed by atoms with Crippen LogP contribution in [0, 0.1) is 0 Å². The molecular weight excluding hydrogens is 330 g/mol. The van der Waals surface area contributed by atoms with Gasteiger partial charge in [0.25, 0.3) is 5.91 Å². The van der Waals surface area contributed by atoms with Crippen molar-refractivity contribution in [1.29, 1.82) is 0 Å². The molecule has 1 amide bonds. The van der Waals surface area contributed by atoms with Crippen LogP contribution in [0.25, 0.3) is 16.5 Å². The molecule has 1 aliphatic heterocycles. The summed E-state index contributed by atoms with van der Waals surface area (Å²) in [7, 11) is 0. The summed E-state index contributed by atoms with van der Waals surface area (Å²) in [6.07, 6.45) is 4.22. The van der Waals surface area contributed by atoms with Crippen LogP contribution >= 0.6 is 11.3 Å². The van der Waals surface area contributed by atoms with Crippen molar-refractivity contribution in [1.82, 2.24) is 10.3 Å². The SMILES string of the molecule is CC1(C)Cc2c(ccc3ccccc23)/C(=C/C(=O)Nc2nccs2)N1. The largest absolute Gasteiger partial charge is 0.379 e. The van der Waals surface area contributed by atoms with E-state index in [9.17, 15) is 4.79 Å². The summed E-state index contributed by atoms with van der Waals surface area (Å²) >= 11 is 1.41. The van der Waals surface area contributed by atoms with E-state index in [1.165, 1.54) is 27.7 Å². The lowest BCUT2D eigenvalue weighted by Crippen LogP contribution is -2.44. The second-order valence-corrected chi connectivity index (χ2v) is 7.78. The monoisotopic (exact) mass is 349 g/mol. The number of hydrogen-bond donors (Lipinski definition) is 2. The fourth-order valence-corrected chi connectivity index (χ4v) is 3.90. The molecule has 4 rings (SSSR count). The van der Waals surface area contributed by atoms with Crippen molar-refractivity contribution in [3.63, 3.8) is 0 Å². The first kappa shape index (κ1) is 15.8. The van der Waals surface area contributed by atoms with Gasteiger partial charge in [-0.05, 0) is 36.6 Å². The van der Waals surface area contributed by atoms with E-state index in [-0.39, 0.29) is 11.4 Å². The van der Waals surface area contributed by atoms with Gasteiger partial charge in [-0.3, -0.25) is 10.1 Å². The molecule has 126 valence electrons. The number of nitrogens with zero attached hydrogens (tertiary/aromatic N) is 1. The molecular formula is C20H19N3OS. The minimum absolute atomic E-state index is 0.121. The van der Waals surface area contributed by atoms with Crippen LogP contribution in [0.15, 0.2) is 54.1 Å². The highest BCUT2D eigenvalue weighted by atomic mass is 32.1. The summed E-state index contributed by atoms with van der Waals surface area (Å²) in [5.74, 6) is -0.172. The predicted molar refractivity (Wildman–Crippen MR) is 104 cm³/mol. The summed E-state index contributed by atoms with van der Waals surface area (Å²) in [5, 5.41) is 11.2. The molecule has 0 fully saturated rings. The van der Waals surface area contributed by atoms with Gasteiger partial charge in [0.15, 0.2) is 5.13 Å². The molecule has 5 heteroatoms. The number of carbonyl (C=O) groups excluding carboxylic acids is 1. The summed E-state index contributed by atoms with van der Waals surface area (Å²) in [4.78, 5) is 16.5. The van der Waals surface area contributed by atoms with Gasteiger partial charge in [-0.15, -0.1) is 11.3 Å². The number of carbonyl (C=O) groups is 1. The van der Waals surface area contributed by atoms with E-state index in [0.717, 1.165) is 17.7 Å². The van der Waals surface area contributed by atoms with Crippen LogP contribution in [0.4, 0.5) is 5.13 Å². The molecule has 25 heavy (non-hydrogen) atoms. The second kappa shape index (κ2) is 6.01. The molecule has 0 saturated carbocycles. The Kier molecular flexibility index (Phi) is 3.81. The smallest absolute Gasteiger partial charge is 0.252 e. The molecule has 2 aromatic carbocycles. The zero-order chi connectivity index (χ0) is 17.4. The first-order chi connectivity index (χ1) is 12.0. The maximum atomic E-state index is 12.4. The molecule has 0 saturated heterocycles. The third-order valence-electron chi connectivity index (χ3n) is 4.36. The van der Waals surface area contributed by atoms with E-state index in [0.29, 0.717) is 5.13 Å². The van der Waals surface area contributed by atoms with Gasteiger partial charge in [-0.2, -0.15) is 0 Å². The third kappa shape index (κ3) is 3.15. The number of aromatic nitrogens is 1. The van der Waals surface area contributed by atoms with Crippen molar-refractivity contribution in [2.24, 2.45) is 0 Å². The van der Waals surface area contributed by atoms with E-state index in [2.05, 4.69) is 65.9 Å². The summed E-state index contributed by atoms with van der Waals surface area (Å²) in [6, 6.07) is 12.6. The molecule has 0 bridgehead atoms. The van der Waals surface area contributed by atoms with Crippen molar-refractivity contribution in [3.05, 3.63) is 65.2 Å². The lowest BCUT2D eigenvalue weighted by Gasteiger charge is -2.36. The Labute approximate surface area is 150 Å². The van der Waals surface area contributed by atoms with Crippen molar-refractivity contribution < 1.29 is 4.79 Å². The molecule has 0 unspecified atom stereocenters. The van der Waals surface area contributed by atoms with Gasteiger partial charge in [0.2, 0.25) is 0 Å². The van der Waals surface area contributed by atoms with Crippen LogP contribution in [0.5, 0.6) is 0 Å². The number of thiazole rings is 1. The van der Waals surface area contributed by atoms with E-state index in [1.54, 1.807) is 12.3 Å². The zero-order valence-corrected chi connectivity index (χ0v) is 15.0. The first-order valence-corrected chi connectivity index (χ1v) is 9.11. The number of fused-ring (bicyclic) bond motifs is 3. The van der Waals surface area contributed by atoms with Crippen molar-refractivity contribution >= 4 is 38.8 Å². The van der Waals surface area contributed by atoms with Crippen molar-refractivity contribution in [2.45, 2.75) is 25.8 Å². The Morgan fingerprint density at radius 2 is 2.12 bits per heavy atom. The van der Waals surface area contributed by atoms with Crippen LogP contribution in [-0.4, -0.2) is 16.4 Å². The van der Waals surface area contributed by atoms with E-state index in [4.69, 9.17) is 0 Å². The summed E-state index contributed by atoms with van der Waals surface area (Å²) in [6.45, 7) is 4.31. The van der Waals surface area contributed by atoms with E-state index in [1.807, 2.05) is 5.38 Å². The number of nitrogens with one attached hydrogen (secondary N) is 2. The molecule has 3 aromatic rings. The summed E-state index contributed by atoms with van der Waals surface area (Å²) in [5.41, 5.74) is 3.11. The number of benzene rings is 2. The lowest BCUT2D eigenvalue weighted by molar-refractivity contribution is -0.111. The van der Waals surface area contributed by atoms with E-state index >= 15 is 0 Å². The average molecular weight is 349 g/mol. The van der Waals surface area contributed by atoms with Gasteiger partial charge in [-0.25, -0.2) is 4.98 Å². The van der Waals surface area contributed by atoms with Gasteiger partial charge in [0.05, 0.1) is 0 Å². The minimum atomic E-state index is -0.172. The number of anilines is 1. The maximum absolute atomic E-state index is 12.4. The topological polar surface area (TPSA) is 54.0 Å². The van der Waals surface area contributed by atoms with Gasteiger partial charge in [0.1, 0.15) is 0 Å². The fraction of sp³-hybridized carbons (Fsp3) is 0.200. The Balaban J connectivity index is 1.78. The fourth-order valence-electron chi connectivity index (χ4n) is 3.37. The standard InChI is InChI=1S/C20H19N3OS/c1-20(2)12-16-14-6-4-3-5-13(14)7-8-15(16)17(23-20)11-18(24)22-19-21-9-10-25-19/h3-11,23H,12H2,1-2H3,(H,21,22,24)/b17-11-. The number of rotatable bonds is 2. The highest BCUT2D eigenvalue weighted by Gasteiger charge is 2.29. The first-order valence-electron chi connectivity index (χ1n) is 8.23. The van der Waals surface area contributed by atoms with Crippen LogP contribution in [0.2, 0.25) is 0 Å². The number of hydrogen-bond acceptors (Lipinski definition) is 4. The van der Waals surface area contributed by atoms with Gasteiger partial charge in [0, 0.05) is 34.5 Å². The van der Waals surface area contributed by atoms with Crippen LogP contribution in [-0.2, 0) is 11.2 Å². The molecule has 2 N–H and O–H groups in total. The molecule has 0 spiro atoms. The normalized spacial score (nSPS) is 17.1. The lowest BCUT2D eigenvalue weighted by atomic mass is 9.83. The second-order valence-electron chi connectivity index (χ2n) is 6.88. The molecule has 0 atom stereocenters. The average Bonchev–Trinajstić information content (AvgIpc) is 3.06. The van der Waals surface area contributed by atoms with Crippen LogP contribution < -0.4 is 10.6 Å². The minimum Gasteiger partial charge on any atom is -0.379 e. The zero-order valence-electron chi connectivity index (χ0n) is 14.2. The predicted octanol–water partition coefficient (Wildman–Crippen LogP) is 4.20. The van der Waals surface area contributed by atoms with Gasteiger partial charge in [-0.1, -0.05) is 36.4 Å². The maximum Gasteiger partial charge on any atom is 0.252 e. The van der Waals surface area contributed by atoms with Gasteiger partial charge >= 0.3 is 0 Å². The Bertz CT molecular complexity index is 974. The number of amides is 1. The Morgan fingerprint density at radius 3 is 2.92 bits per heavy atom. The van der Waals surface area contributed by atoms with Crippen molar-refractivity contribution in [2.75, 3.05) is 5.32 Å². The van der Waals surface area contributed by atoms with Crippen LogP contribution in [0.3, 0.4) is 0 Å². The summed E-state index contributed by atoms with van der Waals surface area (Å²) < 4.78 is 0. The molecule has 2 heterocycles. The third-order valence-corrected chi connectivity index (χ3v) is 5.05. The molecule has 0 aliphatic carbocycles. The van der Waals surface area contributed by atoms with E-state index < -0.39 is 0 Å². The Morgan fingerprint density at radius 1 is 1.28 bits per heavy atom. The quantitative estimate of drug-likeness (QED) is 0.682. The van der Waals surface area contributed by atoms with Gasteiger partial charge < -0.3 is 5.32 Å². The Hall–Kier alpha value is -2.66. The molecule has 4 nitrogen and oxygen atoms in total. The highest BCUT2D eigenvalue weighted by Crippen LogP contribution is 2.34. The highest BCUT2D eigenvalue weighted by molar-refractivity contribution is 7.13. The van der Waals surface area contributed by atoms with Crippen LogP contribution in [0.1, 0.15) is 25.0 Å². The molecule has 1 aromatic heterocycles. The van der Waals surface area contributed by atoms with Crippen molar-refractivity contribution in [3.8, 4) is 0 Å². The molecule has 0 radical (unpaired) electrons.